The number of nitrogens with zero attached hydrogens (tertiary/aromatic N) is 7. The van der Waals surface area contributed by atoms with Crippen molar-refractivity contribution < 1.29 is 9.63 Å². The average Bonchev–Trinajstić information content (AvgIpc) is 3.28. The zero-order valence-corrected chi connectivity index (χ0v) is 17.4. The lowest BCUT2D eigenvalue weighted by molar-refractivity contribution is 0.164. The van der Waals surface area contributed by atoms with Crippen LogP contribution in [0.3, 0.4) is 0 Å². The van der Waals surface area contributed by atoms with Gasteiger partial charge in [0.05, 0.1) is 6.04 Å². The molecule has 2 aromatic rings. The van der Waals surface area contributed by atoms with Crippen LogP contribution >= 0.6 is 0 Å². The van der Waals surface area contributed by atoms with Crippen molar-refractivity contribution in [2.24, 2.45) is 5.92 Å². The molecule has 0 saturated carbocycles. The minimum absolute atomic E-state index is 0.120. The van der Waals surface area contributed by atoms with Gasteiger partial charge in [0.1, 0.15) is 18.0 Å². The first-order valence-electron chi connectivity index (χ1n) is 10.7. The predicted molar refractivity (Wildman–Crippen MR) is 110 cm³/mol. The highest BCUT2D eigenvalue weighted by Crippen LogP contribution is 2.26. The number of piperidine rings is 1. The molecule has 2 fully saturated rings. The molecule has 2 atom stereocenters. The van der Waals surface area contributed by atoms with Gasteiger partial charge in [0.15, 0.2) is 5.82 Å². The van der Waals surface area contributed by atoms with Crippen LogP contribution < -0.4 is 9.80 Å². The number of aliphatic hydroxyl groups excluding tert-OH is 1. The monoisotopic (exact) mass is 401 g/mol. The summed E-state index contributed by atoms with van der Waals surface area (Å²) in [7, 11) is 0. The Balaban J connectivity index is 1.37. The molecule has 158 valence electrons. The molecule has 0 aliphatic carbocycles. The smallest absolute Gasteiger partial charge is 0.243 e. The summed E-state index contributed by atoms with van der Waals surface area (Å²) in [5.41, 5.74) is 0. The molecule has 4 heterocycles. The first-order chi connectivity index (χ1) is 14.2. The van der Waals surface area contributed by atoms with Crippen LogP contribution in [0.1, 0.15) is 44.4 Å². The van der Waals surface area contributed by atoms with Gasteiger partial charge in [-0.1, -0.05) is 12.1 Å². The van der Waals surface area contributed by atoms with Crippen molar-refractivity contribution in [1.82, 2.24) is 25.0 Å². The van der Waals surface area contributed by atoms with Gasteiger partial charge in [0.25, 0.3) is 0 Å². The fourth-order valence-corrected chi connectivity index (χ4v) is 4.18. The molecule has 4 rings (SSSR count). The van der Waals surface area contributed by atoms with E-state index in [0.717, 1.165) is 76.0 Å². The summed E-state index contributed by atoms with van der Waals surface area (Å²) in [6.07, 6.45) is 4.63. The lowest BCUT2D eigenvalue weighted by Crippen LogP contribution is -2.47. The van der Waals surface area contributed by atoms with Crippen molar-refractivity contribution in [3.63, 3.8) is 0 Å². The second kappa shape index (κ2) is 9.04. The molecular weight excluding hydrogens is 370 g/mol. The predicted octanol–water partition coefficient (Wildman–Crippen LogP) is 1.51. The van der Waals surface area contributed by atoms with Crippen molar-refractivity contribution in [2.75, 3.05) is 55.7 Å². The molecular formula is C20H31N7O2. The number of aryl methyl sites for hydroxylation is 1. The third kappa shape index (κ3) is 4.51. The normalized spacial score (nSPS) is 22.1. The summed E-state index contributed by atoms with van der Waals surface area (Å²) in [5.74, 6) is 3.73. The topological polar surface area (TPSA) is 94.7 Å². The minimum atomic E-state index is 0.120. The van der Waals surface area contributed by atoms with Gasteiger partial charge in [-0.15, -0.1) is 0 Å². The van der Waals surface area contributed by atoms with Crippen LogP contribution in [0.5, 0.6) is 0 Å². The van der Waals surface area contributed by atoms with Crippen molar-refractivity contribution in [2.45, 2.75) is 39.2 Å². The number of hydrogen-bond donors (Lipinski definition) is 1. The Morgan fingerprint density at radius 3 is 2.59 bits per heavy atom. The molecule has 2 aliphatic rings. The Bertz CT molecular complexity index is 791. The van der Waals surface area contributed by atoms with Crippen LogP contribution in [0.2, 0.25) is 0 Å². The Hall–Kier alpha value is -2.26. The summed E-state index contributed by atoms with van der Waals surface area (Å²) < 4.78 is 5.42. The average molecular weight is 402 g/mol. The van der Waals surface area contributed by atoms with E-state index >= 15 is 0 Å². The lowest BCUT2D eigenvalue weighted by atomic mass is 9.99. The van der Waals surface area contributed by atoms with Gasteiger partial charge in [-0.05, 0) is 25.7 Å². The van der Waals surface area contributed by atoms with E-state index < -0.39 is 0 Å². The van der Waals surface area contributed by atoms with Gasteiger partial charge in [-0.3, -0.25) is 4.90 Å². The fraction of sp³-hybridized carbons (Fsp3) is 0.700. The van der Waals surface area contributed by atoms with Gasteiger partial charge in [-0.25, -0.2) is 9.97 Å². The van der Waals surface area contributed by atoms with Crippen LogP contribution in [0.25, 0.3) is 0 Å². The van der Waals surface area contributed by atoms with E-state index in [9.17, 15) is 5.11 Å². The Kier molecular flexibility index (Phi) is 6.25. The summed E-state index contributed by atoms with van der Waals surface area (Å²) >= 11 is 0. The Morgan fingerprint density at radius 2 is 1.90 bits per heavy atom. The molecule has 9 heteroatoms. The molecule has 2 unspecified atom stereocenters. The number of aromatic nitrogens is 4. The molecule has 2 saturated heterocycles. The Morgan fingerprint density at radius 1 is 1.14 bits per heavy atom. The quantitative estimate of drug-likeness (QED) is 0.773. The molecule has 29 heavy (non-hydrogen) atoms. The van der Waals surface area contributed by atoms with Crippen molar-refractivity contribution >= 4 is 11.6 Å². The van der Waals surface area contributed by atoms with Gasteiger partial charge < -0.3 is 19.4 Å². The maximum atomic E-state index is 9.49. The standard InChI is InChI=1S/C20H31N7O2/c1-3-17-23-20(29-24-17)15(2)25-7-9-26(10-8-25)18-11-19(22-14-21-18)27-6-4-5-16(12-27)13-28/h11,14-16,28H,3-10,12-13H2,1-2H3. The van der Waals surface area contributed by atoms with Crippen LogP contribution in [-0.4, -0.2) is 76.0 Å². The molecule has 2 aromatic heterocycles. The lowest BCUT2D eigenvalue weighted by Gasteiger charge is -2.38. The summed E-state index contributed by atoms with van der Waals surface area (Å²) in [4.78, 5) is 20.5. The van der Waals surface area contributed by atoms with Crippen molar-refractivity contribution in [3.8, 4) is 0 Å². The van der Waals surface area contributed by atoms with E-state index in [2.05, 4.69) is 47.8 Å². The molecule has 0 bridgehead atoms. The number of piperazine rings is 1. The first-order valence-corrected chi connectivity index (χ1v) is 10.7. The molecule has 0 aromatic carbocycles. The molecule has 0 amide bonds. The highest BCUT2D eigenvalue weighted by atomic mass is 16.5. The van der Waals surface area contributed by atoms with Gasteiger partial charge in [-0.2, -0.15) is 4.98 Å². The van der Waals surface area contributed by atoms with Gasteiger partial charge in [0.2, 0.25) is 5.89 Å². The van der Waals surface area contributed by atoms with Gasteiger partial charge >= 0.3 is 0 Å². The molecule has 0 spiro atoms. The molecule has 0 radical (unpaired) electrons. The van der Waals surface area contributed by atoms with E-state index in [4.69, 9.17) is 4.52 Å². The van der Waals surface area contributed by atoms with Crippen LogP contribution in [-0.2, 0) is 6.42 Å². The first kappa shape index (κ1) is 20.0. The minimum Gasteiger partial charge on any atom is -0.396 e. The van der Waals surface area contributed by atoms with Crippen molar-refractivity contribution in [3.05, 3.63) is 24.1 Å². The van der Waals surface area contributed by atoms with E-state index in [1.54, 1.807) is 6.33 Å². The number of rotatable bonds is 6. The zero-order chi connectivity index (χ0) is 20.2. The van der Waals surface area contributed by atoms with Crippen LogP contribution in [0.15, 0.2) is 16.9 Å². The number of anilines is 2. The fourth-order valence-electron chi connectivity index (χ4n) is 4.18. The molecule has 9 nitrogen and oxygen atoms in total. The van der Waals surface area contributed by atoms with Gasteiger partial charge in [0, 0.05) is 58.4 Å². The summed E-state index contributed by atoms with van der Waals surface area (Å²) in [6.45, 7) is 9.88. The zero-order valence-electron chi connectivity index (χ0n) is 17.4. The molecule has 1 N–H and O–H groups in total. The summed E-state index contributed by atoms with van der Waals surface area (Å²) in [5, 5.41) is 13.5. The SMILES string of the molecule is CCc1noc(C(C)N2CCN(c3cc(N4CCCC(CO)C4)ncn3)CC2)n1. The largest absolute Gasteiger partial charge is 0.396 e. The highest BCUT2D eigenvalue weighted by Gasteiger charge is 2.27. The maximum absolute atomic E-state index is 9.49. The van der Waals surface area contributed by atoms with E-state index in [0.29, 0.717) is 11.8 Å². The maximum Gasteiger partial charge on any atom is 0.243 e. The van der Waals surface area contributed by atoms with E-state index in [1.807, 2.05) is 6.92 Å². The number of hydrogen-bond acceptors (Lipinski definition) is 9. The van der Waals surface area contributed by atoms with Crippen LogP contribution in [0, 0.1) is 5.92 Å². The van der Waals surface area contributed by atoms with Crippen molar-refractivity contribution in [1.29, 1.82) is 0 Å². The van der Waals surface area contributed by atoms with E-state index in [-0.39, 0.29) is 12.6 Å². The molecule has 2 aliphatic heterocycles. The van der Waals surface area contributed by atoms with E-state index in [1.165, 1.54) is 0 Å². The van der Waals surface area contributed by atoms with Crippen LogP contribution in [0.4, 0.5) is 11.6 Å². The third-order valence-electron chi connectivity index (χ3n) is 6.08. The Labute approximate surface area is 171 Å². The summed E-state index contributed by atoms with van der Waals surface area (Å²) in [6, 6.07) is 2.21. The number of aliphatic hydroxyl groups is 1. The second-order valence-electron chi connectivity index (χ2n) is 7.97. The highest BCUT2D eigenvalue weighted by molar-refractivity contribution is 5.50. The third-order valence-corrected chi connectivity index (χ3v) is 6.08. The second-order valence-corrected chi connectivity index (χ2v) is 7.97.